The van der Waals surface area contributed by atoms with E-state index < -0.39 is 30.2 Å². The van der Waals surface area contributed by atoms with Crippen LogP contribution in [-0.4, -0.2) is 41.6 Å². The number of hydrogen-bond donors (Lipinski definition) is 3. The van der Waals surface area contributed by atoms with Crippen LogP contribution in [0, 0.1) is 0 Å². The number of hydrogen-bond acceptors (Lipinski definition) is 4. The van der Waals surface area contributed by atoms with Crippen LogP contribution in [0.25, 0.3) is 0 Å². The molecule has 0 rings (SSSR count). The summed E-state index contributed by atoms with van der Waals surface area (Å²) in [6.45, 7) is 3.23. The number of amides is 2. The summed E-state index contributed by atoms with van der Waals surface area (Å²) >= 11 is 0. The standard InChI is InChI=1S/C9H16N2O5/c1-5(2)16-4-8(13)11-6(9(14)15)3-7(10)12/h5-6H,3-4H2,1-2H3,(H2,10,12)(H,11,13)(H,14,15). The molecule has 7 nitrogen and oxygen atoms in total. The van der Waals surface area contributed by atoms with Crippen molar-refractivity contribution in [2.45, 2.75) is 32.4 Å². The predicted octanol–water partition coefficient (Wildman–Crippen LogP) is -1.14. The van der Waals surface area contributed by atoms with Gasteiger partial charge in [-0.2, -0.15) is 0 Å². The topological polar surface area (TPSA) is 119 Å². The average molecular weight is 232 g/mol. The van der Waals surface area contributed by atoms with Gasteiger partial charge in [0.2, 0.25) is 11.8 Å². The number of carbonyl (C=O) groups excluding carboxylic acids is 2. The minimum Gasteiger partial charge on any atom is -0.480 e. The van der Waals surface area contributed by atoms with Crippen LogP contribution in [0.15, 0.2) is 0 Å². The lowest BCUT2D eigenvalue weighted by Gasteiger charge is -2.13. The van der Waals surface area contributed by atoms with Gasteiger partial charge >= 0.3 is 5.97 Å². The molecule has 0 aromatic carbocycles. The summed E-state index contributed by atoms with van der Waals surface area (Å²) in [6, 6.07) is -1.30. The van der Waals surface area contributed by atoms with Crippen molar-refractivity contribution in [3.8, 4) is 0 Å². The molecule has 0 saturated carbocycles. The molecule has 0 spiro atoms. The zero-order chi connectivity index (χ0) is 12.7. The summed E-state index contributed by atoms with van der Waals surface area (Å²) in [7, 11) is 0. The fraction of sp³-hybridized carbons (Fsp3) is 0.667. The van der Waals surface area contributed by atoms with Crippen molar-refractivity contribution in [3.05, 3.63) is 0 Å². The Morgan fingerprint density at radius 3 is 2.31 bits per heavy atom. The number of aliphatic carboxylic acids is 1. The van der Waals surface area contributed by atoms with E-state index in [1.54, 1.807) is 13.8 Å². The van der Waals surface area contributed by atoms with Gasteiger partial charge in [0, 0.05) is 0 Å². The largest absolute Gasteiger partial charge is 0.480 e. The Kier molecular flexibility index (Phi) is 6.09. The molecule has 2 amide bonds. The predicted molar refractivity (Wildman–Crippen MR) is 54.5 cm³/mol. The molecule has 1 atom stereocenters. The molecule has 0 aliphatic carbocycles. The molecule has 0 bridgehead atoms. The molecule has 0 saturated heterocycles. The summed E-state index contributed by atoms with van der Waals surface area (Å²) in [5, 5.41) is 10.8. The maximum absolute atomic E-state index is 11.2. The lowest BCUT2D eigenvalue weighted by atomic mass is 10.2. The molecule has 4 N–H and O–H groups in total. The number of nitrogens with one attached hydrogen (secondary N) is 1. The first kappa shape index (κ1) is 14.4. The van der Waals surface area contributed by atoms with Gasteiger partial charge in [0.15, 0.2) is 0 Å². The van der Waals surface area contributed by atoms with Gasteiger partial charge in [-0.25, -0.2) is 4.79 Å². The zero-order valence-electron chi connectivity index (χ0n) is 9.23. The molecule has 0 aliphatic rings. The Bertz CT molecular complexity index is 277. The van der Waals surface area contributed by atoms with Gasteiger partial charge in [-0.1, -0.05) is 0 Å². The third kappa shape index (κ3) is 6.77. The van der Waals surface area contributed by atoms with Gasteiger partial charge in [-0.05, 0) is 13.8 Å². The van der Waals surface area contributed by atoms with Crippen LogP contribution in [0.4, 0.5) is 0 Å². The van der Waals surface area contributed by atoms with E-state index in [9.17, 15) is 14.4 Å². The highest BCUT2D eigenvalue weighted by molar-refractivity contribution is 5.88. The molecule has 0 heterocycles. The minimum atomic E-state index is -1.31. The van der Waals surface area contributed by atoms with E-state index in [-0.39, 0.29) is 12.7 Å². The first-order valence-electron chi connectivity index (χ1n) is 4.75. The molecule has 0 aliphatic heterocycles. The Morgan fingerprint density at radius 1 is 1.38 bits per heavy atom. The Hall–Kier alpha value is -1.63. The van der Waals surface area contributed by atoms with Crippen molar-refractivity contribution in [2.24, 2.45) is 5.73 Å². The van der Waals surface area contributed by atoms with Gasteiger partial charge < -0.3 is 20.9 Å². The number of ether oxygens (including phenoxy) is 1. The number of carboxylic acid groups (broad SMARTS) is 1. The Balaban J connectivity index is 4.13. The molecule has 7 heteroatoms. The van der Waals surface area contributed by atoms with Crippen molar-refractivity contribution in [1.29, 1.82) is 0 Å². The number of primary amides is 1. The smallest absolute Gasteiger partial charge is 0.326 e. The number of rotatable bonds is 7. The molecular weight excluding hydrogens is 216 g/mol. The van der Waals surface area contributed by atoms with E-state index in [2.05, 4.69) is 5.32 Å². The maximum atomic E-state index is 11.2. The highest BCUT2D eigenvalue weighted by Gasteiger charge is 2.21. The van der Waals surface area contributed by atoms with Crippen LogP contribution < -0.4 is 11.1 Å². The highest BCUT2D eigenvalue weighted by atomic mass is 16.5. The molecule has 92 valence electrons. The molecule has 16 heavy (non-hydrogen) atoms. The Morgan fingerprint density at radius 2 is 1.94 bits per heavy atom. The van der Waals surface area contributed by atoms with Crippen molar-refractivity contribution in [3.63, 3.8) is 0 Å². The van der Waals surface area contributed by atoms with Crippen LogP contribution >= 0.6 is 0 Å². The molecule has 0 fully saturated rings. The van der Waals surface area contributed by atoms with E-state index in [0.717, 1.165) is 0 Å². The van der Waals surface area contributed by atoms with Gasteiger partial charge in [0.1, 0.15) is 12.6 Å². The molecule has 0 radical (unpaired) electrons. The van der Waals surface area contributed by atoms with Crippen molar-refractivity contribution < 1.29 is 24.2 Å². The summed E-state index contributed by atoms with van der Waals surface area (Å²) in [4.78, 5) is 32.4. The van der Waals surface area contributed by atoms with Gasteiger partial charge in [0.05, 0.1) is 12.5 Å². The van der Waals surface area contributed by atoms with Gasteiger partial charge in [0.25, 0.3) is 0 Å². The normalized spacial score (nSPS) is 12.2. The quantitative estimate of drug-likeness (QED) is 0.512. The van der Waals surface area contributed by atoms with Gasteiger partial charge in [-0.3, -0.25) is 9.59 Å². The summed E-state index contributed by atoms with van der Waals surface area (Å²) in [5.74, 6) is -2.70. The number of nitrogens with two attached hydrogens (primary N) is 1. The average Bonchev–Trinajstić information content (AvgIpc) is 2.12. The monoisotopic (exact) mass is 232 g/mol. The van der Waals surface area contributed by atoms with Crippen LogP contribution in [0.1, 0.15) is 20.3 Å². The van der Waals surface area contributed by atoms with E-state index in [0.29, 0.717) is 0 Å². The maximum Gasteiger partial charge on any atom is 0.326 e. The van der Waals surface area contributed by atoms with E-state index >= 15 is 0 Å². The fourth-order valence-electron chi connectivity index (χ4n) is 0.880. The minimum absolute atomic E-state index is 0.134. The molecule has 1 unspecified atom stereocenters. The Labute approximate surface area is 92.9 Å². The highest BCUT2D eigenvalue weighted by Crippen LogP contribution is 1.93. The number of carbonyl (C=O) groups is 3. The van der Waals surface area contributed by atoms with Crippen LogP contribution in [-0.2, 0) is 19.1 Å². The van der Waals surface area contributed by atoms with Gasteiger partial charge in [-0.15, -0.1) is 0 Å². The zero-order valence-corrected chi connectivity index (χ0v) is 9.23. The molecule has 0 aromatic heterocycles. The first-order valence-corrected chi connectivity index (χ1v) is 4.75. The SMILES string of the molecule is CC(C)OCC(=O)NC(CC(N)=O)C(=O)O. The van der Waals surface area contributed by atoms with E-state index in [1.807, 2.05) is 0 Å². The summed E-state index contributed by atoms with van der Waals surface area (Å²) in [6.07, 6.45) is -0.576. The van der Waals surface area contributed by atoms with Crippen molar-refractivity contribution >= 4 is 17.8 Å². The lowest BCUT2D eigenvalue weighted by Crippen LogP contribution is -2.44. The summed E-state index contributed by atoms with van der Waals surface area (Å²) < 4.78 is 4.97. The summed E-state index contributed by atoms with van der Waals surface area (Å²) in [5.41, 5.74) is 4.84. The number of carboxylic acids is 1. The second-order valence-corrected chi connectivity index (χ2v) is 3.49. The third-order valence-electron chi connectivity index (χ3n) is 1.59. The fourth-order valence-corrected chi connectivity index (χ4v) is 0.880. The third-order valence-corrected chi connectivity index (χ3v) is 1.59. The van der Waals surface area contributed by atoms with Crippen LogP contribution in [0.3, 0.4) is 0 Å². The van der Waals surface area contributed by atoms with E-state index in [1.165, 1.54) is 0 Å². The van der Waals surface area contributed by atoms with Crippen molar-refractivity contribution in [2.75, 3.05) is 6.61 Å². The van der Waals surface area contributed by atoms with E-state index in [4.69, 9.17) is 15.6 Å². The van der Waals surface area contributed by atoms with Crippen molar-refractivity contribution in [1.82, 2.24) is 5.32 Å². The van der Waals surface area contributed by atoms with Crippen LogP contribution in [0.2, 0.25) is 0 Å². The van der Waals surface area contributed by atoms with Crippen LogP contribution in [0.5, 0.6) is 0 Å². The second-order valence-electron chi connectivity index (χ2n) is 3.49. The molecule has 0 aromatic rings. The second kappa shape index (κ2) is 6.78. The lowest BCUT2D eigenvalue weighted by molar-refractivity contribution is -0.144. The first-order chi connectivity index (χ1) is 7.32. The molecular formula is C9H16N2O5.